The third kappa shape index (κ3) is 5.30. The number of esters is 1. The van der Waals surface area contributed by atoms with Crippen LogP contribution in [0.3, 0.4) is 0 Å². The molecule has 0 radical (unpaired) electrons. The number of fused-ring (bicyclic) bond motifs is 2. The molecule has 0 saturated heterocycles. The topological polar surface area (TPSA) is 139 Å². The number of sulfonamides is 1. The minimum atomic E-state index is -3.87. The largest absolute Gasteiger partial charge is 0.465 e. The zero-order valence-electron chi connectivity index (χ0n) is 22.8. The van der Waals surface area contributed by atoms with Crippen LogP contribution in [-0.2, 0) is 21.3 Å². The average Bonchev–Trinajstić information content (AvgIpc) is 3.44. The monoisotopic (exact) mass is 578 g/mol. The lowest BCUT2D eigenvalue weighted by Gasteiger charge is -2.13. The number of aromatic nitrogens is 4. The molecule has 0 spiro atoms. The molecule has 0 atom stereocenters. The van der Waals surface area contributed by atoms with Crippen LogP contribution >= 0.6 is 0 Å². The number of nitrogens with zero attached hydrogens (tertiary/aromatic N) is 3. The lowest BCUT2D eigenvalue weighted by Crippen LogP contribution is -2.24. The number of rotatable bonds is 8. The fraction of sp³-hybridized carbons (Fsp3) is 0.0968. The normalized spacial score (nSPS) is 11.6. The van der Waals surface area contributed by atoms with Gasteiger partial charge in [0.1, 0.15) is 11.5 Å². The molecule has 4 aromatic carbocycles. The van der Waals surface area contributed by atoms with E-state index in [1.54, 1.807) is 43.3 Å². The first-order valence-corrected chi connectivity index (χ1v) is 14.6. The van der Waals surface area contributed by atoms with E-state index in [1.165, 1.54) is 7.11 Å². The van der Waals surface area contributed by atoms with Crippen LogP contribution in [0.2, 0.25) is 0 Å². The van der Waals surface area contributed by atoms with Gasteiger partial charge in [-0.05, 0) is 55.0 Å². The summed E-state index contributed by atoms with van der Waals surface area (Å²) >= 11 is 0. The summed E-state index contributed by atoms with van der Waals surface area (Å²) in [4.78, 5) is 19.5. The van der Waals surface area contributed by atoms with Gasteiger partial charge in [0.05, 0.1) is 35.1 Å². The third-order valence-corrected chi connectivity index (χ3v) is 8.42. The highest BCUT2D eigenvalue weighted by molar-refractivity contribution is 7.89. The van der Waals surface area contributed by atoms with Crippen molar-refractivity contribution in [2.75, 3.05) is 12.4 Å². The van der Waals surface area contributed by atoms with Crippen molar-refractivity contribution < 1.29 is 17.9 Å². The van der Waals surface area contributed by atoms with E-state index >= 15 is 0 Å². The summed E-state index contributed by atoms with van der Waals surface area (Å²) in [5.41, 5.74) is 4.52. The number of benzene rings is 4. The number of hydrogen-bond acceptors (Lipinski definition) is 8. The Morgan fingerprint density at radius 1 is 0.905 bits per heavy atom. The molecule has 0 saturated carbocycles. The predicted molar refractivity (Wildman–Crippen MR) is 161 cm³/mol. The SMILES string of the molecule is COC(=O)c1ccc(Nc2nnc(-c3ccc(C)c(S(=O)(=O)NCc4nc5ccccc5[nH]4)c3)c3ccccc23)cc1. The van der Waals surface area contributed by atoms with E-state index < -0.39 is 16.0 Å². The maximum atomic E-state index is 13.4. The second-order valence-electron chi connectivity index (χ2n) is 9.64. The minimum absolute atomic E-state index is 0.0182. The molecule has 0 bridgehead atoms. The Morgan fingerprint density at radius 3 is 2.40 bits per heavy atom. The molecule has 42 heavy (non-hydrogen) atoms. The number of methoxy groups -OCH3 is 1. The van der Waals surface area contributed by atoms with Gasteiger partial charge in [-0.3, -0.25) is 0 Å². The Labute approximate surface area is 241 Å². The summed E-state index contributed by atoms with van der Waals surface area (Å²) in [5, 5.41) is 13.8. The van der Waals surface area contributed by atoms with E-state index in [1.807, 2.05) is 54.6 Å². The van der Waals surface area contributed by atoms with Gasteiger partial charge in [0.15, 0.2) is 5.82 Å². The van der Waals surface area contributed by atoms with Gasteiger partial charge >= 0.3 is 5.97 Å². The summed E-state index contributed by atoms with van der Waals surface area (Å²) < 4.78 is 34.2. The van der Waals surface area contributed by atoms with Gasteiger partial charge in [-0.1, -0.05) is 48.5 Å². The van der Waals surface area contributed by atoms with Crippen LogP contribution in [0.1, 0.15) is 21.7 Å². The number of hydrogen-bond donors (Lipinski definition) is 3. The van der Waals surface area contributed by atoms with E-state index in [-0.39, 0.29) is 11.4 Å². The lowest BCUT2D eigenvalue weighted by molar-refractivity contribution is 0.0600. The van der Waals surface area contributed by atoms with Crippen LogP contribution in [0.5, 0.6) is 0 Å². The van der Waals surface area contributed by atoms with Crippen molar-refractivity contribution in [1.82, 2.24) is 24.9 Å². The molecule has 210 valence electrons. The Kier molecular flexibility index (Phi) is 7.11. The first-order chi connectivity index (χ1) is 20.3. The zero-order chi connectivity index (χ0) is 29.3. The molecule has 2 heterocycles. The van der Waals surface area contributed by atoms with E-state index in [2.05, 4.69) is 30.2 Å². The van der Waals surface area contributed by atoms with Crippen LogP contribution < -0.4 is 10.0 Å². The van der Waals surface area contributed by atoms with Gasteiger partial charge in [-0.2, -0.15) is 0 Å². The van der Waals surface area contributed by atoms with Crippen LogP contribution in [0, 0.1) is 6.92 Å². The molecule has 6 rings (SSSR count). The highest BCUT2D eigenvalue weighted by atomic mass is 32.2. The Balaban J connectivity index is 1.30. The van der Waals surface area contributed by atoms with Gasteiger partial charge in [-0.25, -0.2) is 22.9 Å². The van der Waals surface area contributed by atoms with Crippen LogP contribution in [0.15, 0.2) is 95.9 Å². The number of aryl methyl sites for hydroxylation is 1. The molecular formula is C31H26N6O4S. The Bertz CT molecular complexity index is 2020. The summed E-state index contributed by atoms with van der Waals surface area (Å²) in [6, 6.07) is 27.2. The van der Waals surface area contributed by atoms with Crippen molar-refractivity contribution >= 4 is 49.3 Å². The number of nitrogens with one attached hydrogen (secondary N) is 3. The predicted octanol–water partition coefficient (Wildman–Crippen LogP) is 5.49. The number of carbonyl (C=O) groups is 1. The van der Waals surface area contributed by atoms with Crippen molar-refractivity contribution in [3.63, 3.8) is 0 Å². The standard InChI is InChI=1S/C31H26N6O4S/c1-19-11-12-21(17-27(19)42(39,40)32-18-28-34-25-9-5-6-10-26(25)35-28)29-23-7-3-4-8-24(23)30(37-36-29)33-22-15-13-20(14-16-22)31(38)41-2/h3-17,32H,18H2,1-2H3,(H,33,37)(H,34,35). The number of carbonyl (C=O) groups excluding carboxylic acids is 1. The average molecular weight is 579 g/mol. The second kappa shape index (κ2) is 11.0. The van der Waals surface area contributed by atoms with Gasteiger partial charge < -0.3 is 15.0 Å². The summed E-state index contributed by atoms with van der Waals surface area (Å²) in [6.07, 6.45) is 0. The maximum Gasteiger partial charge on any atom is 0.337 e. The van der Waals surface area contributed by atoms with E-state index in [9.17, 15) is 13.2 Å². The van der Waals surface area contributed by atoms with Crippen molar-refractivity contribution in [3.8, 4) is 11.3 Å². The lowest BCUT2D eigenvalue weighted by atomic mass is 10.0. The van der Waals surface area contributed by atoms with Gasteiger partial charge in [-0.15, -0.1) is 10.2 Å². The molecule has 0 aliphatic rings. The first-order valence-electron chi connectivity index (χ1n) is 13.1. The van der Waals surface area contributed by atoms with Gasteiger partial charge in [0.2, 0.25) is 10.0 Å². The second-order valence-corrected chi connectivity index (χ2v) is 11.4. The summed E-state index contributed by atoms with van der Waals surface area (Å²) in [6.45, 7) is 1.77. The van der Waals surface area contributed by atoms with Crippen molar-refractivity contribution in [1.29, 1.82) is 0 Å². The van der Waals surface area contributed by atoms with E-state index in [4.69, 9.17) is 4.74 Å². The number of para-hydroxylation sites is 2. The molecule has 6 aromatic rings. The molecule has 0 fully saturated rings. The van der Waals surface area contributed by atoms with Crippen LogP contribution in [-0.4, -0.2) is 41.7 Å². The number of aromatic amines is 1. The zero-order valence-corrected chi connectivity index (χ0v) is 23.6. The molecular weight excluding hydrogens is 552 g/mol. The molecule has 0 aliphatic heterocycles. The van der Waals surface area contributed by atoms with E-state index in [0.717, 1.165) is 21.8 Å². The quantitative estimate of drug-likeness (QED) is 0.202. The number of ether oxygens (including phenoxy) is 1. The number of anilines is 2. The maximum absolute atomic E-state index is 13.4. The first kappa shape index (κ1) is 27.1. The van der Waals surface area contributed by atoms with Crippen molar-refractivity contribution in [2.45, 2.75) is 18.4 Å². The molecule has 2 aromatic heterocycles. The highest BCUT2D eigenvalue weighted by Crippen LogP contribution is 2.33. The highest BCUT2D eigenvalue weighted by Gasteiger charge is 2.20. The Hall–Kier alpha value is -5.13. The molecule has 3 N–H and O–H groups in total. The fourth-order valence-electron chi connectivity index (χ4n) is 4.72. The molecule has 0 aliphatic carbocycles. The number of imidazole rings is 1. The number of H-pyrrole nitrogens is 1. The van der Waals surface area contributed by atoms with Crippen LogP contribution in [0.4, 0.5) is 11.5 Å². The smallest absolute Gasteiger partial charge is 0.337 e. The van der Waals surface area contributed by atoms with Crippen molar-refractivity contribution in [2.24, 2.45) is 0 Å². The Morgan fingerprint density at radius 2 is 1.64 bits per heavy atom. The van der Waals surface area contributed by atoms with Crippen LogP contribution in [0.25, 0.3) is 33.1 Å². The van der Waals surface area contributed by atoms with Crippen molar-refractivity contribution in [3.05, 3.63) is 108 Å². The van der Waals surface area contributed by atoms with E-state index in [0.29, 0.717) is 39.7 Å². The molecule has 0 amide bonds. The van der Waals surface area contributed by atoms with Gasteiger partial charge in [0, 0.05) is 22.0 Å². The summed E-state index contributed by atoms with van der Waals surface area (Å²) in [7, 11) is -2.54. The summed E-state index contributed by atoms with van der Waals surface area (Å²) in [5.74, 6) is 0.626. The fourth-order valence-corrected chi connectivity index (χ4v) is 5.98. The van der Waals surface area contributed by atoms with Gasteiger partial charge in [0.25, 0.3) is 0 Å². The minimum Gasteiger partial charge on any atom is -0.465 e. The molecule has 0 unspecified atom stereocenters. The third-order valence-electron chi connectivity index (χ3n) is 6.88. The molecule has 10 nitrogen and oxygen atoms in total. The molecule has 11 heteroatoms.